The fourth-order valence-electron chi connectivity index (χ4n) is 2.13. The van der Waals surface area contributed by atoms with Crippen LogP contribution in [0.2, 0.25) is 0 Å². The molecule has 1 aromatic carbocycles. The van der Waals surface area contributed by atoms with Gasteiger partial charge in [0.25, 0.3) is 0 Å². The zero-order chi connectivity index (χ0) is 14.9. The second kappa shape index (κ2) is 5.81. The second-order valence-electron chi connectivity index (χ2n) is 5.22. The molecule has 0 aromatic heterocycles. The highest BCUT2D eigenvalue weighted by Gasteiger charge is 2.36. The van der Waals surface area contributed by atoms with Gasteiger partial charge in [-0.25, -0.2) is 4.90 Å². The van der Waals surface area contributed by atoms with Gasteiger partial charge in [-0.2, -0.15) is 0 Å². The molecular formula is C14H18BrNO4. The summed E-state index contributed by atoms with van der Waals surface area (Å²) in [6.07, 6.45) is -1.76. The highest BCUT2D eigenvalue weighted by Crippen LogP contribution is 2.38. The molecule has 0 radical (unpaired) electrons. The average Bonchev–Trinajstić information content (AvgIpc) is 2.63. The Morgan fingerprint density at radius 3 is 2.25 bits per heavy atom. The third kappa shape index (κ3) is 3.03. The number of halogens is 1. The minimum Gasteiger partial charge on any atom is -0.463 e. The lowest BCUT2D eigenvalue weighted by Crippen LogP contribution is -2.33. The molecule has 2 N–H and O–H groups in total. The molecule has 1 heterocycles. The fourth-order valence-corrected chi connectivity index (χ4v) is 2.25. The molecule has 0 saturated carbocycles. The van der Waals surface area contributed by atoms with Crippen molar-refractivity contribution in [1.29, 1.82) is 0 Å². The molecule has 1 aliphatic heterocycles. The largest absolute Gasteiger partial charge is 0.463 e. The lowest BCUT2D eigenvalue weighted by molar-refractivity contribution is -0.149. The average molecular weight is 344 g/mol. The Hall–Kier alpha value is -0.950. The Kier molecular flexibility index (Phi) is 4.49. The second-order valence-corrected chi connectivity index (χ2v) is 7.20. The fraction of sp³-hybridized carbons (Fsp3) is 0.500. The number of benzene rings is 1. The van der Waals surface area contributed by atoms with Crippen molar-refractivity contribution in [1.82, 2.24) is 4.90 Å². The van der Waals surface area contributed by atoms with Crippen LogP contribution < -0.4 is 0 Å². The van der Waals surface area contributed by atoms with Crippen LogP contribution in [0.1, 0.15) is 37.4 Å². The van der Waals surface area contributed by atoms with Crippen LogP contribution in [0.15, 0.2) is 24.3 Å². The number of ether oxygens (including phenoxy) is 1. The van der Waals surface area contributed by atoms with Gasteiger partial charge >= 0.3 is 5.97 Å². The van der Waals surface area contributed by atoms with E-state index in [9.17, 15) is 15.0 Å². The maximum Gasteiger partial charge on any atom is 0.322 e. The van der Waals surface area contributed by atoms with Gasteiger partial charge in [0.15, 0.2) is 0 Å². The van der Waals surface area contributed by atoms with Crippen molar-refractivity contribution in [2.24, 2.45) is 0 Å². The van der Waals surface area contributed by atoms with Crippen LogP contribution >= 0.6 is 15.9 Å². The van der Waals surface area contributed by atoms with Crippen molar-refractivity contribution in [3.8, 4) is 0 Å². The van der Waals surface area contributed by atoms with Crippen LogP contribution in [0, 0.1) is 0 Å². The summed E-state index contributed by atoms with van der Waals surface area (Å²) in [6, 6.07) is 7.17. The van der Waals surface area contributed by atoms with Crippen LogP contribution in [0.5, 0.6) is 0 Å². The molecule has 2 unspecified atom stereocenters. The highest BCUT2D eigenvalue weighted by atomic mass is 79.9. The molecule has 6 heteroatoms. The molecule has 0 aliphatic carbocycles. The van der Waals surface area contributed by atoms with Crippen LogP contribution in [0.3, 0.4) is 0 Å². The quantitative estimate of drug-likeness (QED) is 0.643. The van der Waals surface area contributed by atoms with Crippen LogP contribution in [-0.2, 0) is 9.53 Å². The van der Waals surface area contributed by atoms with E-state index in [4.69, 9.17) is 4.74 Å². The minimum absolute atomic E-state index is 0.107. The molecule has 0 spiro atoms. The first-order valence-corrected chi connectivity index (χ1v) is 7.18. The third-order valence-electron chi connectivity index (χ3n) is 3.25. The summed E-state index contributed by atoms with van der Waals surface area (Å²) < 4.78 is 4.38. The summed E-state index contributed by atoms with van der Waals surface area (Å²) in [6.45, 7) is 3.76. The van der Waals surface area contributed by atoms with Gasteiger partial charge in [0.1, 0.15) is 23.4 Å². The van der Waals surface area contributed by atoms with Gasteiger partial charge in [0, 0.05) is 17.7 Å². The maximum absolute atomic E-state index is 11.6. The number of alkyl halides is 1. The lowest BCUT2D eigenvalue weighted by atomic mass is 10.1. The van der Waals surface area contributed by atoms with Crippen molar-refractivity contribution in [2.45, 2.75) is 30.6 Å². The summed E-state index contributed by atoms with van der Waals surface area (Å²) >= 11 is 3.22. The van der Waals surface area contributed by atoms with E-state index in [1.54, 1.807) is 26.0 Å². The van der Waals surface area contributed by atoms with E-state index in [0.29, 0.717) is 11.1 Å². The molecule has 1 aliphatic rings. The first-order valence-electron chi connectivity index (χ1n) is 6.39. The van der Waals surface area contributed by atoms with E-state index in [0.717, 1.165) is 0 Å². The van der Waals surface area contributed by atoms with Crippen molar-refractivity contribution in [2.75, 3.05) is 13.2 Å². The Morgan fingerprint density at radius 2 is 1.80 bits per heavy atom. The number of aliphatic hydroxyl groups excluding tert-OH is 2. The number of hydrogen-bond acceptors (Lipinski definition) is 5. The predicted molar refractivity (Wildman–Crippen MR) is 77.0 cm³/mol. The third-order valence-corrected chi connectivity index (χ3v) is 3.57. The molecule has 110 valence electrons. The molecule has 0 fully saturated rings. The molecular weight excluding hydrogens is 326 g/mol. The number of fused-ring (bicyclic) bond motifs is 1. The smallest absolute Gasteiger partial charge is 0.322 e. The van der Waals surface area contributed by atoms with Crippen LogP contribution in [0.4, 0.5) is 0 Å². The van der Waals surface area contributed by atoms with Crippen molar-refractivity contribution in [3.05, 3.63) is 35.4 Å². The van der Waals surface area contributed by atoms with Gasteiger partial charge in [-0.05, 0) is 13.8 Å². The summed E-state index contributed by atoms with van der Waals surface area (Å²) in [5, 5.41) is 20.3. The van der Waals surface area contributed by atoms with Crippen LogP contribution in [-0.4, -0.2) is 38.6 Å². The predicted octanol–water partition coefficient (Wildman–Crippen LogP) is 1.70. The van der Waals surface area contributed by atoms with E-state index >= 15 is 0 Å². The first-order chi connectivity index (χ1) is 9.32. The minimum atomic E-state index is -0.878. The Morgan fingerprint density at radius 1 is 1.30 bits per heavy atom. The normalized spacial score (nSPS) is 22.6. The molecule has 0 bridgehead atoms. The SMILES string of the molecule is CC(C)(Br)C(=O)OCCN1C(O)c2ccccc2C1O. The molecule has 5 nitrogen and oxygen atoms in total. The summed E-state index contributed by atoms with van der Waals surface area (Å²) in [5.41, 5.74) is 1.37. The van der Waals surface area contributed by atoms with E-state index < -0.39 is 16.8 Å². The number of carbonyl (C=O) groups excluding carboxylic acids is 1. The summed E-state index contributed by atoms with van der Waals surface area (Å²) in [4.78, 5) is 13.1. The molecule has 0 saturated heterocycles. The first kappa shape index (κ1) is 15.4. The number of carbonyl (C=O) groups is 1. The molecule has 0 amide bonds. The lowest BCUT2D eigenvalue weighted by Gasteiger charge is -2.24. The van der Waals surface area contributed by atoms with Gasteiger partial charge in [-0.15, -0.1) is 0 Å². The summed E-state index contributed by atoms with van der Waals surface area (Å²) in [7, 11) is 0. The Bertz CT molecular complexity index is 471. The number of esters is 1. The highest BCUT2D eigenvalue weighted by molar-refractivity contribution is 9.10. The van der Waals surface area contributed by atoms with Gasteiger partial charge in [0.05, 0.1) is 0 Å². The number of aliphatic hydroxyl groups is 2. The van der Waals surface area contributed by atoms with Gasteiger partial charge in [-0.3, -0.25) is 4.79 Å². The Labute approximate surface area is 126 Å². The van der Waals surface area contributed by atoms with Crippen LogP contribution in [0.25, 0.3) is 0 Å². The zero-order valence-electron chi connectivity index (χ0n) is 11.4. The van der Waals surface area contributed by atoms with E-state index in [1.165, 1.54) is 4.90 Å². The number of rotatable bonds is 4. The standard InChI is InChI=1S/C14H18BrNO4/c1-14(2,15)13(19)20-8-7-16-11(17)9-5-3-4-6-10(9)12(16)18/h3-6,11-12,17-18H,7-8H2,1-2H3. The van der Waals surface area contributed by atoms with Gasteiger partial charge in [-0.1, -0.05) is 40.2 Å². The van der Waals surface area contributed by atoms with Gasteiger partial charge in [0.2, 0.25) is 0 Å². The van der Waals surface area contributed by atoms with E-state index in [-0.39, 0.29) is 19.1 Å². The van der Waals surface area contributed by atoms with Crippen molar-refractivity contribution < 1.29 is 19.7 Å². The molecule has 2 rings (SSSR count). The zero-order valence-corrected chi connectivity index (χ0v) is 13.0. The Balaban J connectivity index is 1.94. The number of nitrogens with zero attached hydrogens (tertiary/aromatic N) is 1. The number of hydrogen-bond donors (Lipinski definition) is 2. The topological polar surface area (TPSA) is 70.0 Å². The van der Waals surface area contributed by atoms with E-state index in [1.807, 2.05) is 12.1 Å². The van der Waals surface area contributed by atoms with Crippen molar-refractivity contribution >= 4 is 21.9 Å². The van der Waals surface area contributed by atoms with Crippen molar-refractivity contribution in [3.63, 3.8) is 0 Å². The van der Waals surface area contributed by atoms with Gasteiger partial charge < -0.3 is 14.9 Å². The van der Waals surface area contributed by atoms with E-state index in [2.05, 4.69) is 15.9 Å². The monoisotopic (exact) mass is 343 g/mol. The molecule has 20 heavy (non-hydrogen) atoms. The summed E-state index contributed by atoms with van der Waals surface area (Å²) in [5.74, 6) is -0.377. The molecule has 2 atom stereocenters. The molecule has 1 aromatic rings. The maximum atomic E-state index is 11.6.